The molecule has 1 N–H and O–H groups in total. The first kappa shape index (κ1) is 13.2. The Kier molecular flexibility index (Phi) is 3.79. The van der Waals surface area contributed by atoms with Gasteiger partial charge in [0.2, 0.25) is 10.0 Å². The fourth-order valence-electron chi connectivity index (χ4n) is 2.01. The van der Waals surface area contributed by atoms with Crippen molar-refractivity contribution >= 4 is 16.3 Å². The fourth-order valence-corrected chi connectivity index (χ4v) is 3.52. The Morgan fingerprint density at radius 1 is 1.28 bits per heavy atom. The SMILES string of the molecule is O=Cc1ccc(S(=O)(=O)N2CCCC(O)C2)cc1. The van der Waals surface area contributed by atoms with Crippen LogP contribution in [0.25, 0.3) is 0 Å². The maximum absolute atomic E-state index is 12.3. The summed E-state index contributed by atoms with van der Waals surface area (Å²) in [7, 11) is -3.56. The number of carbonyl (C=O) groups excluding carboxylic acids is 1. The van der Waals surface area contributed by atoms with Crippen molar-refractivity contribution < 1.29 is 18.3 Å². The van der Waals surface area contributed by atoms with Gasteiger partial charge in [0.15, 0.2) is 0 Å². The minimum atomic E-state index is -3.56. The van der Waals surface area contributed by atoms with Crippen LogP contribution in [0, 0.1) is 0 Å². The standard InChI is InChI=1S/C12H15NO4S/c14-9-10-3-5-12(6-4-10)18(16,17)13-7-1-2-11(15)8-13/h3-6,9,11,15H,1-2,7-8H2. The van der Waals surface area contributed by atoms with Gasteiger partial charge in [-0.15, -0.1) is 0 Å². The summed E-state index contributed by atoms with van der Waals surface area (Å²) in [5.41, 5.74) is 0.438. The number of aldehydes is 1. The van der Waals surface area contributed by atoms with E-state index in [2.05, 4.69) is 0 Å². The summed E-state index contributed by atoms with van der Waals surface area (Å²) >= 11 is 0. The average molecular weight is 269 g/mol. The van der Waals surface area contributed by atoms with E-state index in [-0.39, 0.29) is 11.4 Å². The maximum Gasteiger partial charge on any atom is 0.243 e. The van der Waals surface area contributed by atoms with Gasteiger partial charge >= 0.3 is 0 Å². The third kappa shape index (κ3) is 2.60. The molecule has 0 radical (unpaired) electrons. The minimum absolute atomic E-state index is 0.137. The number of aliphatic hydroxyl groups is 1. The number of aliphatic hydroxyl groups excluding tert-OH is 1. The van der Waals surface area contributed by atoms with Crippen LogP contribution in [0.2, 0.25) is 0 Å². The molecule has 1 heterocycles. The van der Waals surface area contributed by atoms with Crippen molar-refractivity contribution in [3.8, 4) is 0 Å². The zero-order valence-corrected chi connectivity index (χ0v) is 10.6. The summed E-state index contributed by atoms with van der Waals surface area (Å²) in [6.07, 6.45) is 1.37. The van der Waals surface area contributed by atoms with E-state index in [1.807, 2.05) is 0 Å². The Balaban J connectivity index is 2.26. The highest BCUT2D eigenvalue weighted by Crippen LogP contribution is 2.20. The van der Waals surface area contributed by atoms with Crippen LogP contribution in [0.3, 0.4) is 0 Å². The lowest BCUT2D eigenvalue weighted by molar-refractivity contribution is 0.108. The average Bonchev–Trinajstić information content (AvgIpc) is 2.39. The Morgan fingerprint density at radius 3 is 2.50 bits per heavy atom. The van der Waals surface area contributed by atoms with E-state index < -0.39 is 16.1 Å². The van der Waals surface area contributed by atoms with Crippen LogP contribution in [0.1, 0.15) is 23.2 Å². The van der Waals surface area contributed by atoms with Gasteiger partial charge in [-0.05, 0) is 25.0 Å². The molecular weight excluding hydrogens is 254 g/mol. The Hall–Kier alpha value is -1.24. The van der Waals surface area contributed by atoms with Gasteiger partial charge in [0.05, 0.1) is 11.0 Å². The molecule has 2 rings (SSSR count). The smallest absolute Gasteiger partial charge is 0.243 e. The molecule has 0 amide bonds. The maximum atomic E-state index is 12.3. The highest BCUT2D eigenvalue weighted by atomic mass is 32.2. The first-order valence-electron chi connectivity index (χ1n) is 5.77. The normalized spacial score (nSPS) is 21.7. The zero-order chi connectivity index (χ0) is 13.2. The number of carbonyl (C=O) groups is 1. The molecule has 0 bridgehead atoms. The highest BCUT2D eigenvalue weighted by Gasteiger charge is 2.29. The predicted molar refractivity (Wildman–Crippen MR) is 65.8 cm³/mol. The largest absolute Gasteiger partial charge is 0.392 e. The van der Waals surface area contributed by atoms with Crippen LogP contribution in [0.4, 0.5) is 0 Å². The van der Waals surface area contributed by atoms with Gasteiger partial charge in [0.25, 0.3) is 0 Å². The van der Waals surface area contributed by atoms with E-state index in [0.29, 0.717) is 31.2 Å². The number of benzene rings is 1. The van der Waals surface area contributed by atoms with Gasteiger partial charge in [-0.1, -0.05) is 12.1 Å². The van der Waals surface area contributed by atoms with Gasteiger partial charge in [0, 0.05) is 18.7 Å². The summed E-state index contributed by atoms with van der Waals surface area (Å²) in [4.78, 5) is 10.7. The molecule has 1 fully saturated rings. The monoisotopic (exact) mass is 269 g/mol. The molecule has 18 heavy (non-hydrogen) atoms. The van der Waals surface area contributed by atoms with Gasteiger partial charge < -0.3 is 5.11 Å². The molecule has 1 aliphatic rings. The predicted octanol–water partition coefficient (Wildman–Crippen LogP) is 0.645. The van der Waals surface area contributed by atoms with Gasteiger partial charge in [-0.3, -0.25) is 4.79 Å². The molecule has 0 aromatic heterocycles. The summed E-state index contributed by atoms with van der Waals surface area (Å²) in [5, 5.41) is 9.52. The fraction of sp³-hybridized carbons (Fsp3) is 0.417. The lowest BCUT2D eigenvalue weighted by Gasteiger charge is -2.29. The van der Waals surface area contributed by atoms with Crippen LogP contribution in [-0.2, 0) is 10.0 Å². The number of piperidine rings is 1. The third-order valence-corrected chi connectivity index (χ3v) is 4.89. The summed E-state index contributed by atoms with van der Waals surface area (Å²) in [5.74, 6) is 0. The minimum Gasteiger partial charge on any atom is -0.392 e. The first-order valence-corrected chi connectivity index (χ1v) is 7.21. The Labute approximate surface area is 106 Å². The van der Waals surface area contributed by atoms with E-state index in [9.17, 15) is 18.3 Å². The van der Waals surface area contributed by atoms with E-state index in [0.717, 1.165) is 0 Å². The number of β-amino-alcohol motifs (C(OH)–C–C–N with tert-alkyl or cyclic N) is 1. The lowest BCUT2D eigenvalue weighted by Crippen LogP contribution is -2.42. The van der Waals surface area contributed by atoms with Crippen molar-refractivity contribution in [1.29, 1.82) is 0 Å². The number of rotatable bonds is 3. The molecule has 0 saturated carbocycles. The molecule has 0 aliphatic carbocycles. The van der Waals surface area contributed by atoms with Crippen LogP contribution < -0.4 is 0 Å². The van der Waals surface area contributed by atoms with Crippen molar-refractivity contribution in [2.75, 3.05) is 13.1 Å². The third-order valence-electron chi connectivity index (χ3n) is 3.01. The molecule has 1 saturated heterocycles. The van der Waals surface area contributed by atoms with Crippen molar-refractivity contribution in [2.45, 2.75) is 23.8 Å². The molecule has 1 atom stereocenters. The zero-order valence-electron chi connectivity index (χ0n) is 9.82. The van der Waals surface area contributed by atoms with Crippen LogP contribution in [-0.4, -0.2) is 43.3 Å². The molecule has 6 heteroatoms. The van der Waals surface area contributed by atoms with E-state index in [1.165, 1.54) is 28.6 Å². The Bertz CT molecular complexity index is 524. The van der Waals surface area contributed by atoms with E-state index in [1.54, 1.807) is 0 Å². The molecular formula is C12H15NO4S. The molecule has 5 nitrogen and oxygen atoms in total. The van der Waals surface area contributed by atoms with Crippen LogP contribution in [0.5, 0.6) is 0 Å². The second kappa shape index (κ2) is 5.17. The van der Waals surface area contributed by atoms with Gasteiger partial charge in [-0.25, -0.2) is 8.42 Å². The van der Waals surface area contributed by atoms with E-state index in [4.69, 9.17) is 0 Å². The quantitative estimate of drug-likeness (QED) is 0.817. The molecule has 1 aromatic rings. The number of hydrogen-bond donors (Lipinski definition) is 1. The molecule has 98 valence electrons. The number of hydrogen-bond acceptors (Lipinski definition) is 4. The van der Waals surface area contributed by atoms with Crippen molar-refractivity contribution in [2.24, 2.45) is 0 Å². The van der Waals surface area contributed by atoms with Crippen LogP contribution >= 0.6 is 0 Å². The second-order valence-corrected chi connectivity index (χ2v) is 6.28. The van der Waals surface area contributed by atoms with Crippen molar-refractivity contribution in [3.63, 3.8) is 0 Å². The highest BCUT2D eigenvalue weighted by molar-refractivity contribution is 7.89. The molecule has 1 unspecified atom stereocenters. The van der Waals surface area contributed by atoms with Crippen molar-refractivity contribution in [1.82, 2.24) is 4.31 Å². The van der Waals surface area contributed by atoms with Gasteiger partial charge in [0.1, 0.15) is 6.29 Å². The first-order chi connectivity index (χ1) is 8.54. The Morgan fingerprint density at radius 2 is 1.94 bits per heavy atom. The molecule has 1 aromatic carbocycles. The van der Waals surface area contributed by atoms with Gasteiger partial charge in [-0.2, -0.15) is 4.31 Å². The molecule has 0 spiro atoms. The molecule has 1 aliphatic heterocycles. The van der Waals surface area contributed by atoms with Crippen LogP contribution in [0.15, 0.2) is 29.2 Å². The summed E-state index contributed by atoms with van der Waals surface area (Å²) in [6.45, 7) is 0.562. The summed E-state index contributed by atoms with van der Waals surface area (Å²) in [6, 6.07) is 5.78. The number of nitrogens with zero attached hydrogens (tertiary/aromatic N) is 1. The summed E-state index contributed by atoms with van der Waals surface area (Å²) < 4.78 is 25.8. The lowest BCUT2D eigenvalue weighted by atomic mass is 10.1. The van der Waals surface area contributed by atoms with E-state index >= 15 is 0 Å². The number of sulfonamides is 1. The van der Waals surface area contributed by atoms with Crippen molar-refractivity contribution in [3.05, 3.63) is 29.8 Å². The topological polar surface area (TPSA) is 74.7 Å². The second-order valence-electron chi connectivity index (χ2n) is 4.35.